The summed E-state index contributed by atoms with van der Waals surface area (Å²) in [6.45, 7) is 0. The molecule has 0 heterocycles. The van der Waals surface area contributed by atoms with Gasteiger partial charge in [0.15, 0.2) is 0 Å². The minimum atomic E-state index is -2.85. The van der Waals surface area contributed by atoms with E-state index in [0.29, 0.717) is 0 Å². The SMILES string of the molecule is [O-2].[O-][Cl+2]([O-])[O-].[Zr+3]. The molecule has 0 aromatic heterocycles. The Bertz CT molecular complexity index is 12.3. The molecule has 1 radical (unpaired) electrons. The van der Waals surface area contributed by atoms with Gasteiger partial charge in [0, 0.05) is 0 Å². The minimum absolute atomic E-state index is 0. The molecule has 6 heavy (non-hydrogen) atoms. The third-order valence-electron chi connectivity index (χ3n) is 0. The van der Waals surface area contributed by atoms with Crippen molar-refractivity contribution in [2.24, 2.45) is 0 Å². The summed E-state index contributed by atoms with van der Waals surface area (Å²) in [6.07, 6.45) is 0. The monoisotopic (exact) mass is 189 g/mol. The molecule has 0 bridgehead atoms. The van der Waals surface area contributed by atoms with E-state index < -0.39 is 10.8 Å². The average molecular weight is 191 g/mol. The van der Waals surface area contributed by atoms with Crippen LogP contribution in [0.25, 0.3) is 0 Å². The molecule has 4 nitrogen and oxygen atoms in total. The van der Waals surface area contributed by atoms with Crippen molar-refractivity contribution in [1.82, 2.24) is 0 Å². The first kappa shape index (κ1) is 15.7. The quantitative estimate of drug-likeness (QED) is 0.393. The fourth-order valence-corrected chi connectivity index (χ4v) is 0. The van der Waals surface area contributed by atoms with Crippen LogP contribution >= 0.6 is 0 Å². The maximum atomic E-state index is 8.41. The van der Waals surface area contributed by atoms with E-state index in [2.05, 4.69) is 0 Å². The van der Waals surface area contributed by atoms with Gasteiger partial charge in [0.25, 0.3) is 0 Å². The summed E-state index contributed by atoms with van der Waals surface area (Å²) in [5.74, 6) is 0. The molecule has 0 fully saturated rings. The van der Waals surface area contributed by atoms with Crippen LogP contribution in [0.1, 0.15) is 0 Å². The second kappa shape index (κ2) is 9.38. The smallest absolute Gasteiger partial charge is 2.00 e. The van der Waals surface area contributed by atoms with Crippen molar-refractivity contribution in [2.75, 3.05) is 0 Å². The van der Waals surface area contributed by atoms with E-state index in [1.54, 1.807) is 0 Å². The number of rotatable bonds is 0. The molecule has 0 spiro atoms. The van der Waals surface area contributed by atoms with Gasteiger partial charge in [0.1, 0.15) is 0 Å². The predicted octanol–water partition coefficient (Wildman–Crippen LogP) is -3.69. The molecule has 0 rings (SSSR count). The van der Waals surface area contributed by atoms with Gasteiger partial charge in [-0.2, -0.15) is 0 Å². The van der Waals surface area contributed by atoms with Gasteiger partial charge in [0.05, 0.1) is 10.8 Å². The molecule has 0 atom stereocenters. The topological polar surface area (TPSA) is 97.7 Å². The molecule has 0 aromatic carbocycles. The Balaban J connectivity index is -0.0000000450. The van der Waals surface area contributed by atoms with Gasteiger partial charge in [-0.1, -0.05) is 0 Å². The molecule has 0 unspecified atom stereocenters. The summed E-state index contributed by atoms with van der Waals surface area (Å²) >= 11 is 0. The molecule has 0 aliphatic rings. The summed E-state index contributed by atoms with van der Waals surface area (Å²) in [5.41, 5.74) is 0. The molecule has 35 valence electrons. The van der Waals surface area contributed by atoms with Crippen molar-refractivity contribution in [3.8, 4) is 0 Å². The first-order chi connectivity index (χ1) is 1.73. The Morgan fingerprint density at radius 2 is 1.00 bits per heavy atom. The van der Waals surface area contributed by atoms with Crippen molar-refractivity contribution in [1.29, 1.82) is 0 Å². The van der Waals surface area contributed by atoms with Crippen LogP contribution in [0.3, 0.4) is 0 Å². The van der Waals surface area contributed by atoms with Crippen molar-refractivity contribution in [3.63, 3.8) is 0 Å². The normalized spacial score (nSPS) is 6.00. The van der Waals surface area contributed by atoms with Gasteiger partial charge >= 0.3 is 26.2 Å². The van der Waals surface area contributed by atoms with E-state index in [1.807, 2.05) is 0 Å². The molecule has 0 aliphatic heterocycles. The molecule has 0 amide bonds. The standard InChI is InChI=1S/ClO3.O.Zr/c2-1(3)4;;/q-1;-2;+3. The average Bonchev–Trinajstić information content (AvgIpc) is 0.811. The van der Waals surface area contributed by atoms with E-state index >= 15 is 0 Å². The maximum absolute atomic E-state index is 8.41. The van der Waals surface area contributed by atoms with Gasteiger partial charge < -0.3 is 19.5 Å². The van der Waals surface area contributed by atoms with Crippen LogP contribution in [-0.2, 0) is 31.7 Å². The Kier molecular flexibility index (Phi) is 24.6. The van der Waals surface area contributed by atoms with Gasteiger partial charge in [-0.25, -0.2) is 0 Å². The van der Waals surface area contributed by atoms with Crippen LogP contribution < -0.4 is 14.0 Å². The molecule has 0 N–H and O–H groups in total. The van der Waals surface area contributed by atoms with Gasteiger partial charge in [-0.05, 0) is 0 Å². The summed E-state index contributed by atoms with van der Waals surface area (Å²) in [4.78, 5) is 0. The van der Waals surface area contributed by atoms with Crippen LogP contribution in [0, 0.1) is 10.8 Å². The molecule has 0 aromatic rings. The molecule has 0 saturated carbocycles. The first-order valence-electron chi connectivity index (χ1n) is 0.463. The number of halogens is 1. The van der Waals surface area contributed by atoms with Crippen molar-refractivity contribution in [3.05, 3.63) is 0 Å². The molecular weight excluding hydrogens is 191 g/mol. The third-order valence-corrected chi connectivity index (χ3v) is 0. The number of hydrogen-bond donors (Lipinski definition) is 0. The predicted molar refractivity (Wildman–Crippen MR) is 0.686 cm³/mol. The number of hydrogen-bond acceptors (Lipinski definition) is 3. The van der Waals surface area contributed by atoms with E-state index in [0.717, 1.165) is 0 Å². The fourth-order valence-electron chi connectivity index (χ4n) is 0. The Morgan fingerprint density at radius 3 is 1.00 bits per heavy atom. The zero-order chi connectivity index (χ0) is 3.58. The second-order valence-electron chi connectivity index (χ2n) is 0.189. The third kappa shape index (κ3) is 78.7. The Labute approximate surface area is 56.6 Å². The van der Waals surface area contributed by atoms with E-state index in [-0.39, 0.29) is 31.7 Å². The van der Waals surface area contributed by atoms with Crippen molar-refractivity contribution < 1.29 is 56.4 Å². The second-order valence-corrected chi connectivity index (χ2v) is 0.567. The Morgan fingerprint density at radius 1 is 1.00 bits per heavy atom. The molecule has 6 heteroatoms. The van der Waals surface area contributed by atoms with Crippen molar-refractivity contribution in [2.45, 2.75) is 0 Å². The molecule has 0 aliphatic carbocycles. The van der Waals surface area contributed by atoms with Gasteiger partial charge in [0.2, 0.25) is 0 Å². The van der Waals surface area contributed by atoms with Crippen LogP contribution in [0.2, 0.25) is 0 Å². The zero-order valence-corrected chi connectivity index (χ0v) is 5.72. The minimum Gasteiger partial charge on any atom is -2.00 e. The van der Waals surface area contributed by atoms with Gasteiger partial charge in [-0.3, -0.25) is 0 Å². The maximum Gasteiger partial charge on any atom is 3.00 e. The summed E-state index contributed by atoms with van der Waals surface area (Å²) in [6, 6.07) is 0. The fraction of sp³-hybridized carbons (Fsp3) is 0. The van der Waals surface area contributed by atoms with Crippen LogP contribution in [-0.4, -0.2) is 0 Å². The first-order valence-corrected chi connectivity index (χ1v) is 1.39. The van der Waals surface area contributed by atoms with Crippen molar-refractivity contribution >= 4 is 0 Å². The zero-order valence-electron chi connectivity index (χ0n) is 2.51. The summed E-state index contributed by atoms with van der Waals surface area (Å²) in [7, 11) is -2.85. The van der Waals surface area contributed by atoms with Gasteiger partial charge in [-0.15, -0.1) is 0 Å². The van der Waals surface area contributed by atoms with Crippen LogP contribution in [0.5, 0.6) is 0 Å². The summed E-state index contributed by atoms with van der Waals surface area (Å²) in [5, 5.41) is 0. The summed E-state index contributed by atoms with van der Waals surface area (Å²) < 4.78 is 25.2. The van der Waals surface area contributed by atoms with E-state index in [9.17, 15) is 0 Å². The largest absolute Gasteiger partial charge is 3.00 e. The van der Waals surface area contributed by atoms with E-state index in [4.69, 9.17) is 14.0 Å². The van der Waals surface area contributed by atoms with Crippen LogP contribution in [0.4, 0.5) is 0 Å². The van der Waals surface area contributed by atoms with E-state index in [1.165, 1.54) is 0 Å². The Hall–Kier alpha value is 1.01. The molecular formula is ClO4Zr. The van der Waals surface area contributed by atoms with Crippen LogP contribution in [0.15, 0.2) is 0 Å². The molecule has 0 saturated heterocycles.